The Balaban J connectivity index is 1.91. The summed E-state index contributed by atoms with van der Waals surface area (Å²) < 4.78 is 34.4. The highest BCUT2D eigenvalue weighted by molar-refractivity contribution is 5.94. The minimum atomic E-state index is -0.905. The summed E-state index contributed by atoms with van der Waals surface area (Å²) in [4.78, 5) is 8.79. The fraction of sp³-hybridized carbons (Fsp3) is 0.143. The van der Waals surface area contributed by atoms with E-state index in [1.165, 1.54) is 12.4 Å². The molecule has 0 aliphatic rings. The number of hydrogen-bond donors (Lipinski definition) is 1. The topological polar surface area (TPSA) is 52.0 Å². The van der Waals surface area contributed by atoms with Crippen LogP contribution < -0.4 is 10.1 Å². The minimum absolute atomic E-state index is 0.497. The molecule has 7 heteroatoms. The monoisotopic (exact) mass is 380 g/mol. The van der Waals surface area contributed by atoms with Crippen LogP contribution in [-0.2, 0) is 0 Å². The van der Waals surface area contributed by atoms with Crippen molar-refractivity contribution in [2.75, 3.05) is 12.4 Å². The molecule has 0 amide bonds. The highest BCUT2D eigenvalue weighted by Crippen LogP contribution is 2.34. The van der Waals surface area contributed by atoms with E-state index < -0.39 is 11.6 Å². The van der Waals surface area contributed by atoms with E-state index in [2.05, 4.69) is 15.3 Å². The zero-order valence-corrected chi connectivity index (χ0v) is 15.6. The van der Waals surface area contributed by atoms with Crippen LogP contribution in [0.3, 0.4) is 0 Å². The van der Waals surface area contributed by atoms with Crippen LogP contribution >= 0.6 is 0 Å². The Morgan fingerprint density at radius 1 is 1.00 bits per heavy atom. The zero-order chi connectivity index (χ0) is 19.8. The van der Waals surface area contributed by atoms with Gasteiger partial charge >= 0.3 is 0 Å². The maximum absolute atomic E-state index is 13.8. The number of rotatable bonds is 4. The molecule has 0 fully saturated rings. The molecule has 0 aliphatic heterocycles. The number of halogens is 2. The van der Waals surface area contributed by atoms with Crippen LogP contribution in [0.2, 0.25) is 0 Å². The van der Waals surface area contributed by atoms with E-state index in [1.54, 1.807) is 11.7 Å². The second kappa shape index (κ2) is 6.92. The average Bonchev–Trinajstić information content (AvgIpc) is 2.96. The third-order valence-electron chi connectivity index (χ3n) is 4.81. The number of benzene rings is 2. The molecule has 4 aromatic rings. The lowest BCUT2D eigenvalue weighted by Gasteiger charge is -2.11. The smallest absolute Gasteiger partial charge is 0.160 e. The van der Waals surface area contributed by atoms with Gasteiger partial charge in [0.25, 0.3) is 0 Å². The molecule has 0 saturated heterocycles. The van der Waals surface area contributed by atoms with Crippen molar-refractivity contribution in [3.8, 4) is 11.4 Å². The Bertz CT molecular complexity index is 1190. The lowest BCUT2D eigenvalue weighted by Crippen LogP contribution is -2.01. The maximum Gasteiger partial charge on any atom is 0.160 e. The van der Waals surface area contributed by atoms with Crippen LogP contribution in [0.15, 0.2) is 48.8 Å². The summed E-state index contributed by atoms with van der Waals surface area (Å²) in [6.45, 7) is 3.86. The van der Waals surface area contributed by atoms with Gasteiger partial charge in [0.2, 0.25) is 0 Å². The predicted molar refractivity (Wildman–Crippen MR) is 105 cm³/mol. The summed E-state index contributed by atoms with van der Waals surface area (Å²) in [7, 11) is 1.60. The summed E-state index contributed by atoms with van der Waals surface area (Å²) >= 11 is 0. The number of fused-ring (bicyclic) bond motifs is 1. The van der Waals surface area contributed by atoms with Crippen molar-refractivity contribution < 1.29 is 13.5 Å². The highest BCUT2D eigenvalue weighted by Gasteiger charge is 2.19. The van der Waals surface area contributed by atoms with E-state index in [1.807, 2.05) is 38.1 Å². The standard InChI is InChI=1S/C21H18F2N4O/c1-12-13(2)27(14-8-9-15(22)16(23)10-14)21-19(12)20(24-11-25-21)26-17-6-4-5-7-18(17)28-3/h4-11H,1-3H3,(H,24,25,26). The van der Waals surface area contributed by atoms with E-state index >= 15 is 0 Å². The van der Waals surface area contributed by atoms with Crippen molar-refractivity contribution in [1.82, 2.24) is 14.5 Å². The quantitative estimate of drug-likeness (QED) is 0.537. The molecular weight excluding hydrogens is 362 g/mol. The Morgan fingerprint density at radius 2 is 1.79 bits per heavy atom. The summed E-state index contributed by atoms with van der Waals surface area (Å²) in [5, 5.41) is 4.10. The fourth-order valence-corrected chi connectivity index (χ4v) is 3.31. The van der Waals surface area contributed by atoms with Gasteiger partial charge in [0.15, 0.2) is 17.3 Å². The van der Waals surface area contributed by atoms with E-state index in [0.29, 0.717) is 22.9 Å². The van der Waals surface area contributed by atoms with Crippen molar-refractivity contribution in [3.63, 3.8) is 0 Å². The molecule has 0 saturated carbocycles. The number of hydrogen-bond acceptors (Lipinski definition) is 4. The lowest BCUT2D eigenvalue weighted by molar-refractivity contribution is 0.417. The van der Waals surface area contributed by atoms with Gasteiger partial charge in [-0.1, -0.05) is 12.1 Å². The summed E-state index contributed by atoms with van der Waals surface area (Å²) in [6.07, 6.45) is 1.44. The number of aromatic nitrogens is 3. The highest BCUT2D eigenvalue weighted by atomic mass is 19.2. The maximum atomic E-state index is 13.8. The molecule has 0 spiro atoms. The third kappa shape index (κ3) is 2.85. The molecule has 2 aromatic carbocycles. The Kier molecular flexibility index (Phi) is 4.43. The van der Waals surface area contributed by atoms with Gasteiger partial charge in [-0.15, -0.1) is 0 Å². The number of anilines is 2. The number of ether oxygens (including phenoxy) is 1. The van der Waals surface area contributed by atoms with E-state index in [-0.39, 0.29) is 0 Å². The van der Waals surface area contributed by atoms with Gasteiger partial charge in [0, 0.05) is 11.8 Å². The van der Waals surface area contributed by atoms with Crippen LogP contribution in [0.25, 0.3) is 16.7 Å². The zero-order valence-electron chi connectivity index (χ0n) is 15.6. The van der Waals surface area contributed by atoms with Gasteiger partial charge < -0.3 is 10.1 Å². The first-order valence-corrected chi connectivity index (χ1v) is 8.69. The van der Waals surface area contributed by atoms with Gasteiger partial charge in [-0.3, -0.25) is 4.57 Å². The minimum Gasteiger partial charge on any atom is -0.495 e. The lowest BCUT2D eigenvalue weighted by atomic mass is 10.2. The summed E-state index contributed by atoms with van der Waals surface area (Å²) in [5.74, 6) is -0.499. The Morgan fingerprint density at radius 3 is 2.54 bits per heavy atom. The van der Waals surface area contributed by atoms with Crippen molar-refractivity contribution >= 4 is 22.5 Å². The summed E-state index contributed by atoms with van der Waals surface area (Å²) in [5.41, 5.74) is 3.68. The predicted octanol–water partition coefficient (Wildman–Crippen LogP) is 5.07. The molecule has 0 radical (unpaired) electrons. The van der Waals surface area contributed by atoms with Gasteiger partial charge in [-0.2, -0.15) is 0 Å². The number of methoxy groups -OCH3 is 1. The molecule has 2 aromatic heterocycles. The van der Waals surface area contributed by atoms with Gasteiger partial charge in [0.05, 0.1) is 23.9 Å². The van der Waals surface area contributed by atoms with Crippen LogP contribution in [-0.4, -0.2) is 21.6 Å². The number of nitrogens with zero attached hydrogens (tertiary/aromatic N) is 3. The van der Waals surface area contributed by atoms with Crippen LogP contribution in [0.1, 0.15) is 11.3 Å². The normalized spacial score (nSPS) is 11.0. The van der Waals surface area contributed by atoms with Crippen molar-refractivity contribution in [3.05, 3.63) is 71.7 Å². The molecule has 28 heavy (non-hydrogen) atoms. The molecule has 0 unspecified atom stereocenters. The fourth-order valence-electron chi connectivity index (χ4n) is 3.31. The van der Waals surface area contributed by atoms with Crippen molar-refractivity contribution in [2.45, 2.75) is 13.8 Å². The molecule has 0 atom stereocenters. The molecule has 5 nitrogen and oxygen atoms in total. The van der Waals surface area contributed by atoms with E-state index in [4.69, 9.17) is 4.74 Å². The number of para-hydroxylation sites is 2. The molecule has 0 aliphatic carbocycles. The summed E-state index contributed by atoms with van der Waals surface area (Å²) in [6, 6.07) is 11.3. The Labute approximate surface area is 160 Å². The first-order chi connectivity index (χ1) is 13.5. The molecule has 4 rings (SSSR count). The SMILES string of the molecule is COc1ccccc1Nc1ncnc2c1c(C)c(C)n2-c1ccc(F)c(F)c1. The second-order valence-electron chi connectivity index (χ2n) is 6.39. The second-order valence-corrected chi connectivity index (χ2v) is 6.39. The van der Waals surface area contributed by atoms with Gasteiger partial charge in [0.1, 0.15) is 17.9 Å². The van der Waals surface area contributed by atoms with Crippen molar-refractivity contribution in [2.24, 2.45) is 0 Å². The molecular formula is C21H18F2N4O. The van der Waals surface area contributed by atoms with E-state index in [0.717, 1.165) is 34.5 Å². The van der Waals surface area contributed by atoms with Gasteiger partial charge in [-0.05, 0) is 43.7 Å². The first-order valence-electron chi connectivity index (χ1n) is 8.69. The van der Waals surface area contributed by atoms with E-state index in [9.17, 15) is 8.78 Å². The molecule has 0 bridgehead atoms. The van der Waals surface area contributed by atoms with Crippen LogP contribution in [0.4, 0.5) is 20.3 Å². The van der Waals surface area contributed by atoms with Crippen LogP contribution in [0.5, 0.6) is 5.75 Å². The first kappa shape index (κ1) is 17.9. The largest absolute Gasteiger partial charge is 0.495 e. The Hall–Kier alpha value is -3.48. The van der Waals surface area contributed by atoms with Crippen molar-refractivity contribution in [1.29, 1.82) is 0 Å². The molecule has 2 heterocycles. The van der Waals surface area contributed by atoms with Gasteiger partial charge in [-0.25, -0.2) is 18.7 Å². The average molecular weight is 380 g/mol. The third-order valence-corrected chi connectivity index (χ3v) is 4.81. The number of aryl methyl sites for hydroxylation is 1. The number of nitrogens with one attached hydrogen (secondary N) is 1. The van der Waals surface area contributed by atoms with Crippen LogP contribution in [0, 0.1) is 25.5 Å². The molecule has 1 N–H and O–H groups in total. The molecule has 142 valence electrons.